The average Bonchev–Trinajstić information content (AvgIpc) is 2.66. The molecule has 0 saturated carbocycles. The van der Waals surface area contributed by atoms with Crippen molar-refractivity contribution in [2.45, 2.75) is 25.3 Å². The van der Waals surface area contributed by atoms with Gasteiger partial charge in [0.1, 0.15) is 0 Å². The number of carbonyl (C=O) groups excluding carboxylic acids is 2. The van der Waals surface area contributed by atoms with Crippen molar-refractivity contribution < 1.29 is 24.2 Å². The fraction of sp³-hybridized carbons (Fsp3) is 0.300. The first-order valence-corrected chi connectivity index (χ1v) is 8.57. The van der Waals surface area contributed by atoms with Gasteiger partial charge >= 0.3 is 5.97 Å². The summed E-state index contributed by atoms with van der Waals surface area (Å²) in [5.74, 6) is -0.892. The number of amides is 1. The summed E-state index contributed by atoms with van der Waals surface area (Å²) in [6, 6.07) is 14.3. The molecule has 3 rings (SSSR count). The molecule has 6 nitrogen and oxygen atoms in total. The standard InChI is InChI=1S/C20H21NO5/c22-17-10-3-4-11-18(17)25-13-20(24)26-12-19(23)21-16-9-5-7-14-6-1-2-8-15(14)16/h1-4,6,8,10-11,16,22H,5,7,9,12-13H2,(H,21,23)/t16-/m0/s1. The lowest BCUT2D eigenvalue weighted by atomic mass is 9.88. The maximum absolute atomic E-state index is 12.1. The lowest BCUT2D eigenvalue weighted by Crippen LogP contribution is -2.34. The first-order chi connectivity index (χ1) is 12.6. The maximum atomic E-state index is 12.1. The molecule has 6 heteroatoms. The van der Waals surface area contributed by atoms with Crippen LogP contribution in [0, 0.1) is 0 Å². The van der Waals surface area contributed by atoms with Gasteiger partial charge in [0.15, 0.2) is 24.7 Å². The van der Waals surface area contributed by atoms with Crippen LogP contribution in [-0.4, -0.2) is 30.2 Å². The fourth-order valence-electron chi connectivity index (χ4n) is 3.04. The molecular weight excluding hydrogens is 334 g/mol. The zero-order chi connectivity index (χ0) is 18.4. The molecule has 2 N–H and O–H groups in total. The molecule has 2 aromatic rings. The number of hydrogen-bond donors (Lipinski definition) is 2. The molecule has 26 heavy (non-hydrogen) atoms. The van der Waals surface area contributed by atoms with E-state index in [1.165, 1.54) is 17.7 Å². The van der Waals surface area contributed by atoms with Gasteiger partial charge in [-0.05, 0) is 42.5 Å². The lowest BCUT2D eigenvalue weighted by Gasteiger charge is -2.26. The van der Waals surface area contributed by atoms with Crippen molar-refractivity contribution in [3.05, 3.63) is 59.7 Å². The maximum Gasteiger partial charge on any atom is 0.344 e. The predicted octanol–water partition coefficient (Wildman–Crippen LogP) is 2.51. The van der Waals surface area contributed by atoms with E-state index in [1.807, 2.05) is 18.2 Å². The van der Waals surface area contributed by atoms with Crippen molar-refractivity contribution in [2.75, 3.05) is 13.2 Å². The van der Waals surface area contributed by atoms with E-state index in [-0.39, 0.29) is 36.7 Å². The Bertz CT molecular complexity index is 789. The Kier molecular flexibility index (Phi) is 5.73. The summed E-state index contributed by atoms with van der Waals surface area (Å²) in [4.78, 5) is 23.8. The number of phenols is 1. The Balaban J connectivity index is 1.44. The first kappa shape index (κ1) is 17.8. The van der Waals surface area contributed by atoms with E-state index in [2.05, 4.69) is 11.4 Å². The number of esters is 1. The summed E-state index contributed by atoms with van der Waals surface area (Å²) in [5, 5.41) is 12.5. The molecule has 1 aliphatic rings. The molecule has 0 radical (unpaired) electrons. The van der Waals surface area contributed by atoms with E-state index in [0.29, 0.717) is 0 Å². The number of hydrogen-bond acceptors (Lipinski definition) is 5. The van der Waals surface area contributed by atoms with Crippen LogP contribution in [-0.2, 0) is 20.7 Å². The second kappa shape index (κ2) is 8.38. The van der Waals surface area contributed by atoms with E-state index in [0.717, 1.165) is 24.8 Å². The fourth-order valence-corrected chi connectivity index (χ4v) is 3.04. The highest BCUT2D eigenvalue weighted by Crippen LogP contribution is 2.29. The van der Waals surface area contributed by atoms with Crippen LogP contribution in [0.3, 0.4) is 0 Å². The summed E-state index contributed by atoms with van der Waals surface area (Å²) < 4.78 is 10.1. The number of carbonyl (C=O) groups is 2. The summed E-state index contributed by atoms with van der Waals surface area (Å²) in [6.07, 6.45) is 2.89. The number of phenolic OH excluding ortho intramolecular Hbond substituents is 1. The van der Waals surface area contributed by atoms with Crippen LogP contribution in [0.5, 0.6) is 11.5 Å². The first-order valence-electron chi connectivity index (χ1n) is 8.57. The Labute approximate surface area is 151 Å². The van der Waals surface area contributed by atoms with E-state index in [1.54, 1.807) is 12.1 Å². The highest BCUT2D eigenvalue weighted by atomic mass is 16.6. The minimum absolute atomic E-state index is 0.0522. The van der Waals surface area contributed by atoms with Gasteiger partial charge in [-0.15, -0.1) is 0 Å². The molecule has 136 valence electrons. The SMILES string of the molecule is O=C(COC(=O)COc1ccccc1O)N[C@H]1CCCc2ccccc21. The van der Waals surface area contributed by atoms with Crippen LogP contribution in [0.4, 0.5) is 0 Å². The van der Waals surface area contributed by atoms with Crippen molar-refractivity contribution in [2.24, 2.45) is 0 Å². The van der Waals surface area contributed by atoms with Crippen molar-refractivity contribution in [3.63, 3.8) is 0 Å². The van der Waals surface area contributed by atoms with Gasteiger partial charge in [0.05, 0.1) is 6.04 Å². The van der Waals surface area contributed by atoms with Crippen molar-refractivity contribution in [1.82, 2.24) is 5.32 Å². The number of aromatic hydroxyl groups is 1. The Hall–Kier alpha value is -3.02. The molecule has 0 spiro atoms. The summed E-state index contributed by atoms with van der Waals surface area (Å²) in [7, 11) is 0. The van der Waals surface area contributed by atoms with Crippen LogP contribution >= 0.6 is 0 Å². The third kappa shape index (κ3) is 4.53. The highest BCUT2D eigenvalue weighted by Gasteiger charge is 2.21. The number of ether oxygens (including phenoxy) is 2. The molecule has 2 aromatic carbocycles. The molecule has 1 atom stereocenters. The summed E-state index contributed by atoms with van der Waals surface area (Å²) in [6.45, 7) is -0.737. The van der Waals surface area contributed by atoms with Gasteiger partial charge in [-0.2, -0.15) is 0 Å². The van der Waals surface area contributed by atoms with Crippen molar-refractivity contribution in [1.29, 1.82) is 0 Å². The van der Waals surface area contributed by atoms with Crippen LogP contribution in [0.2, 0.25) is 0 Å². The highest BCUT2D eigenvalue weighted by molar-refractivity contribution is 5.81. The largest absolute Gasteiger partial charge is 0.504 e. The van der Waals surface area contributed by atoms with Gasteiger partial charge in [-0.1, -0.05) is 36.4 Å². The number of para-hydroxylation sites is 2. The third-order valence-electron chi connectivity index (χ3n) is 4.28. The number of nitrogens with one attached hydrogen (secondary N) is 1. The monoisotopic (exact) mass is 355 g/mol. The van der Waals surface area contributed by atoms with E-state index < -0.39 is 5.97 Å². The normalized spacial score (nSPS) is 15.6. The molecule has 1 amide bonds. The molecule has 0 aliphatic heterocycles. The number of aryl methyl sites for hydroxylation is 1. The zero-order valence-electron chi connectivity index (χ0n) is 14.3. The van der Waals surface area contributed by atoms with Crippen LogP contribution < -0.4 is 10.1 Å². The second-order valence-corrected chi connectivity index (χ2v) is 6.13. The molecular formula is C20H21NO5. The molecule has 0 bridgehead atoms. The minimum atomic E-state index is -0.674. The van der Waals surface area contributed by atoms with Gasteiger partial charge in [0, 0.05) is 0 Å². The van der Waals surface area contributed by atoms with Gasteiger partial charge < -0.3 is 19.9 Å². The Morgan fingerprint density at radius 3 is 2.69 bits per heavy atom. The molecule has 0 saturated heterocycles. The summed E-state index contributed by atoms with van der Waals surface area (Å²) >= 11 is 0. The van der Waals surface area contributed by atoms with Crippen LogP contribution in [0.25, 0.3) is 0 Å². The molecule has 0 fully saturated rings. The Morgan fingerprint density at radius 1 is 1.08 bits per heavy atom. The van der Waals surface area contributed by atoms with Crippen LogP contribution in [0.15, 0.2) is 48.5 Å². The minimum Gasteiger partial charge on any atom is -0.504 e. The average molecular weight is 355 g/mol. The smallest absolute Gasteiger partial charge is 0.344 e. The quantitative estimate of drug-likeness (QED) is 0.778. The summed E-state index contributed by atoms with van der Waals surface area (Å²) in [5.41, 5.74) is 2.37. The number of rotatable bonds is 6. The van der Waals surface area contributed by atoms with Gasteiger partial charge in [-0.3, -0.25) is 4.79 Å². The molecule has 0 aromatic heterocycles. The predicted molar refractivity (Wildman–Crippen MR) is 94.8 cm³/mol. The van der Waals surface area contributed by atoms with E-state index in [9.17, 15) is 14.7 Å². The number of benzene rings is 2. The lowest BCUT2D eigenvalue weighted by molar-refractivity contribution is -0.150. The van der Waals surface area contributed by atoms with Crippen molar-refractivity contribution in [3.8, 4) is 11.5 Å². The van der Waals surface area contributed by atoms with Gasteiger partial charge in [-0.25, -0.2) is 4.79 Å². The van der Waals surface area contributed by atoms with E-state index >= 15 is 0 Å². The Morgan fingerprint density at radius 2 is 1.85 bits per heavy atom. The molecule has 1 aliphatic carbocycles. The van der Waals surface area contributed by atoms with Gasteiger partial charge in [0.25, 0.3) is 5.91 Å². The van der Waals surface area contributed by atoms with Crippen LogP contribution in [0.1, 0.15) is 30.0 Å². The molecule has 0 unspecified atom stereocenters. The third-order valence-corrected chi connectivity index (χ3v) is 4.28. The topological polar surface area (TPSA) is 84.9 Å². The molecule has 0 heterocycles. The second-order valence-electron chi connectivity index (χ2n) is 6.13. The van der Waals surface area contributed by atoms with E-state index in [4.69, 9.17) is 9.47 Å². The number of fused-ring (bicyclic) bond motifs is 1. The van der Waals surface area contributed by atoms with Gasteiger partial charge in [0.2, 0.25) is 0 Å². The zero-order valence-corrected chi connectivity index (χ0v) is 14.3. The van der Waals surface area contributed by atoms with Crippen molar-refractivity contribution >= 4 is 11.9 Å².